The van der Waals surface area contributed by atoms with E-state index in [2.05, 4.69) is 17.1 Å². The Bertz CT molecular complexity index is 386. The molecule has 2 aliphatic rings. The summed E-state index contributed by atoms with van der Waals surface area (Å²) in [4.78, 5) is 2.47. The summed E-state index contributed by atoms with van der Waals surface area (Å²) in [6.07, 6.45) is 5.38. The van der Waals surface area contributed by atoms with Crippen molar-refractivity contribution < 1.29 is 8.42 Å². The summed E-state index contributed by atoms with van der Waals surface area (Å²) in [6, 6.07) is 0.467. The van der Waals surface area contributed by atoms with Crippen LogP contribution in [0.1, 0.15) is 39.0 Å². The zero-order valence-corrected chi connectivity index (χ0v) is 13.5. The molecule has 5 nitrogen and oxygen atoms in total. The second-order valence-electron chi connectivity index (χ2n) is 5.92. The van der Waals surface area contributed by atoms with Crippen LogP contribution in [0.5, 0.6) is 0 Å². The van der Waals surface area contributed by atoms with Crippen molar-refractivity contribution in [1.29, 1.82) is 0 Å². The first kappa shape index (κ1) is 16.2. The predicted molar refractivity (Wildman–Crippen MR) is 82.3 cm³/mol. The fourth-order valence-electron chi connectivity index (χ4n) is 3.22. The number of piperazine rings is 1. The van der Waals surface area contributed by atoms with Crippen LogP contribution in [0.2, 0.25) is 0 Å². The van der Waals surface area contributed by atoms with E-state index in [9.17, 15) is 8.42 Å². The quantitative estimate of drug-likeness (QED) is 0.709. The maximum absolute atomic E-state index is 12.4. The number of nitrogens with one attached hydrogen (secondary N) is 1. The molecule has 20 heavy (non-hydrogen) atoms. The molecule has 1 unspecified atom stereocenters. The van der Waals surface area contributed by atoms with Crippen LogP contribution >= 0.6 is 0 Å². The van der Waals surface area contributed by atoms with Gasteiger partial charge in [0.2, 0.25) is 10.0 Å². The Morgan fingerprint density at radius 3 is 2.80 bits per heavy atom. The maximum atomic E-state index is 12.4. The van der Waals surface area contributed by atoms with Crippen molar-refractivity contribution >= 4 is 10.0 Å². The maximum Gasteiger partial charge on any atom is 0.214 e. The molecule has 0 bridgehead atoms. The normalized spacial score (nSPS) is 25.6. The number of fused-ring (bicyclic) bond motifs is 1. The van der Waals surface area contributed by atoms with Gasteiger partial charge in [-0.15, -0.1) is 0 Å². The zero-order chi connectivity index (χ0) is 14.4. The summed E-state index contributed by atoms with van der Waals surface area (Å²) in [5, 5.41) is 3.24. The van der Waals surface area contributed by atoms with Gasteiger partial charge in [-0.3, -0.25) is 4.90 Å². The van der Waals surface area contributed by atoms with Gasteiger partial charge in [0.25, 0.3) is 0 Å². The van der Waals surface area contributed by atoms with Crippen LogP contribution in [-0.2, 0) is 10.0 Å². The van der Waals surface area contributed by atoms with Gasteiger partial charge in [-0.25, -0.2) is 8.42 Å². The van der Waals surface area contributed by atoms with Gasteiger partial charge >= 0.3 is 0 Å². The summed E-state index contributed by atoms with van der Waals surface area (Å²) in [6.45, 7) is 7.42. The molecule has 2 aliphatic heterocycles. The molecule has 0 aromatic heterocycles. The lowest BCUT2D eigenvalue weighted by Gasteiger charge is -2.43. The van der Waals surface area contributed by atoms with Crippen LogP contribution in [0.4, 0.5) is 0 Å². The summed E-state index contributed by atoms with van der Waals surface area (Å²) < 4.78 is 26.5. The monoisotopic (exact) mass is 303 g/mol. The molecule has 6 heteroatoms. The van der Waals surface area contributed by atoms with E-state index in [1.165, 1.54) is 12.8 Å². The molecule has 0 aromatic carbocycles. The molecule has 2 fully saturated rings. The Labute approximate surface area is 123 Å². The van der Waals surface area contributed by atoms with E-state index in [1.807, 2.05) is 0 Å². The van der Waals surface area contributed by atoms with Crippen LogP contribution in [0.3, 0.4) is 0 Å². The largest absolute Gasteiger partial charge is 0.317 e. The van der Waals surface area contributed by atoms with Gasteiger partial charge in [0.1, 0.15) is 0 Å². The third-order valence-corrected chi connectivity index (χ3v) is 6.37. The Balaban J connectivity index is 1.77. The molecule has 0 radical (unpaired) electrons. The predicted octanol–water partition coefficient (Wildman–Crippen LogP) is 0.876. The molecule has 0 saturated carbocycles. The van der Waals surface area contributed by atoms with E-state index in [1.54, 1.807) is 4.31 Å². The molecule has 118 valence electrons. The number of unbranched alkanes of at least 4 members (excludes halogenated alkanes) is 1. The first-order chi connectivity index (χ1) is 9.63. The minimum Gasteiger partial charge on any atom is -0.317 e. The molecular formula is C14H29N3O2S. The number of nitrogens with zero attached hydrogens (tertiary/aromatic N) is 2. The van der Waals surface area contributed by atoms with Gasteiger partial charge in [0.15, 0.2) is 0 Å². The Kier molecular flexibility index (Phi) is 6.26. The number of sulfonamides is 1. The first-order valence-electron chi connectivity index (χ1n) is 8.06. The number of rotatable bonds is 7. The van der Waals surface area contributed by atoms with Crippen molar-refractivity contribution in [2.75, 3.05) is 45.0 Å². The van der Waals surface area contributed by atoms with Crippen LogP contribution in [0.25, 0.3) is 0 Å². The molecule has 0 spiro atoms. The smallest absolute Gasteiger partial charge is 0.214 e. The summed E-state index contributed by atoms with van der Waals surface area (Å²) >= 11 is 0. The number of hydrogen-bond donors (Lipinski definition) is 1. The molecule has 0 amide bonds. The lowest BCUT2D eigenvalue weighted by Crippen LogP contribution is -2.56. The van der Waals surface area contributed by atoms with Crippen molar-refractivity contribution in [3.05, 3.63) is 0 Å². The van der Waals surface area contributed by atoms with Gasteiger partial charge in [-0.2, -0.15) is 4.31 Å². The SMILES string of the molecule is CCNCCCCS(=O)(=O)N1CCN2CCCCC2C1. The van der Waals surface area contributed by atoms with Crippen LogP contribution in [0, 0.1) is 0 Å². The van der Waals surface area contributed by atoms with Crippen molar-refractivity contribution in [3.63, 3.8) is 0 Å². The Morgan fingerprint density at radius 2 is 2.00 bits per heavy atom. The van der Waals surface area contributed by atoms with E-state index in [0.29, 0.717) is 18.3 Å². The molecule has 2 heterocycles. The molecule has 0 aliphatic carbocycles. The third kappa shape index (κ3) is 4.41. The van der Waals surface area contributed by atoms with Crippen LogP contribution in [-0.4, -0.2) is 68.7 Å². The van der Waals surface area contributed by atoms with Crippen molar-refractivity contribution in [2.24, 2.45) is 0 Å². The van der Waals surface area contributed by atoms with Crippen molar-refractivity contribution in [1.82, 2.24) is 14.5 Å². The second kappa shape index (κ2) is 7.73. The van der Waals surface area contributed by atoms with E-state index in [-0.39, 0.29) is 0 Å². The Morgan fingerprint density at radius 1 is 1.15 bits per heavy atom. The van der Waals surface area contributed by atoms with Crippen LogP contribution < -0.4 is 5.32 Å². The van der Waals surface area contributed by atoms with Gasteiger partial charge in [-0.05, 0) is 45.3 Å². The zero-order valence-electron chi connectivity index (χ0n) is 12.7. The van der Waals surface area contributed by atoms with Crippen molar-refractivity contribution in [3.8, 4) is 0 Å². The van der Waals surface area contributed by atoms with Crippen molar-refractivity contribution in [2.45, 2.75) is 45.1 Å². The highest BCUT2D eigenvalue weighted by Gasteiger charge is 2.33. The van der Waals surface area contributed by atoms with E-state index in [0.717, 1.165) is 52.0 Å². The minimum absolute atomic E-state index is 0.311. The molecule has 0 aromatic rings. The fraction of sp³-hybridized carbons (Fsp3) is 1.00. The number of piperidine rings is 1. The summed E-state index contributed by atoms with van der Waals surface area (Å²) in [5.74, 6) is 0.311. The molecule has 1 N–H and O–H groups in total. The topological polar surface area (TPSA) is 52.7 Å². The van der Waals surface area contributed by atoms with Gasteiger partial charge < -0.3 is 5.32 Å². The third-order valence-electron chi connectivity index (χ3n) is 4.45. The number of hydrogen-bond acceptors (Lipinski definition) is 4. The van der Waals surface area contributed by atoms with Gasteiger partial charge in [0.05, 0.1) is 5.75 Å². The molecular weight excluding hydrogens is 274 g/mol. The first-order valence-corrected chi connectivity index (χ1v) is 9.67. The summed E-state index contributed by atoms with van der Waals surface area (Å²) in [5.41, 5.74) is 0. The average molecular weight is 303 g/mol. The molecule has 2 rings (SSSR count). The average Bonchev–Trinajstić information content (AvgIpc) is 2.46. The van der Waals surface area contributed by atoms with Gasteiger partial charge in [0, 0.05) is 25.7 Å². The fourth-order valence-corrected chi connectivity index (χ4v) is 4.81. The lowest BCUT2D eigenvalue weighted by atomic mass is 10.0. The van der Waals surface area contributed by atoms with E-state index in [4.69, 9.17) is 0 Å². The van der Waals surface area contributed by atoms with Crippen LogP contribution in [0.15, 0.2) is 0 Å². The second-order valence-corrected chi connectivity index (χ2v) is 8.01. The summed E-state index contributed by atoms with van der Waals surface area (Å²) in [7, 11) is -3.04. The Hall–Kier alpha value is -0.170. The van der Waals surface area contributed by atoms with E-state index >= 15 is 0 Å². The minimum atomic E-state index is -3.04. The van der Waals surface area contributed by atoms with Gasteiger partial charge in [-0.1, -0.05) is 13.3 Å². The highest BCUT2D eigenvalue weighted by atomic mass is 32.2. The molecule has 2 saturated heterocycles. The standard InChI is InChI=1S/C14H29N3O2S/c1-2-15-8-4-6-12-20(18,19)17-11-10-16-9-5-3-7-14(16)13-17/h14-15H,2-13H2,1H3. The van der Waals surface area contributed by atoms with E-state index < -0.39 is 10.0 Å². The highest BCUT2D eigenvalue weighted by molar-refractivity contribution is 7.89. The highest BCUT2D eigenvalue weighted by Crippen LogP contribution is 2.22. The lowest BCUT2D eigenvalue weighted by molar-refractivity contribution is 0.0851. The molecule has 1 atom stereocenters.